The van der Waals surface area contributed by atoms with Crippen LogP contribution in [0.5, 0.6) is 0 Å². The van der Waals surface area contributed by atoms with Gasteiger partial charge in [-0.05, 0) is 38.9 Å². The van der Waals surface area contributed by atoms with Crippen LogP contribution in [0.15, 0.2) is 18.2 Å². The van der Waals surface area contributed by atoms with Crippen molar-refractivity contribution in [2.75, 3.05) is 13.1 Å². The summed E-state index contributed by atoms with van der Waals surface area (Å²) in [6.07, 6.45) is 7.62. The molecule has 0 spiro atoms. The summed E-state index contributed by atoms with van der Waals surface area (Å²) in [5, 5.41) is 7.86. The monoisotopic (exact) mass is 235 g/mol. The average Bonchev–Trinajstić information content (AvgIpc) is 2.76. The van der Waals surface area contributed by atoms with Crippen LogP contribution in [0.4, 0.5) is 0 Å². The van der Waals surface area contributed by atoms with E-state index in [1.54, 1.807) is 0 Å². The molecule has 0 aliphatic carbocycles. The number of rotatable bonds is 8. The van der Waals surface area contributed by atoms with Gasteiger partial charge in [-0.1, -0.05) is 26.0 Å². The zero-order chi connectivity index (χ0) is 12.5. The average molecular weight is 235 g/mol. The van der Waals surface area contributed by atoms with Gasteiger partial charge in [-0.3, -0.25) is 4.68 Å². The molecule has 0 radical (unpaired) electrons. The van der Waals surface area contributed by atoms with Crippen molar-refractivity contribution in [1.82, 2.24) is 15.1 Å². The van der Waals surface area contributed by atoms with E-state index in [4.69, 9.17) is 0 Å². The van der Waals surface area contributed by atoms with Gasteiger partial charge in [0.2, 0.25) is 0 Å². The Morgan fingerprint density at radius 3 is 2.76 bits per heavy atom. The van der Waals surface area contributed by atoms with Gasteiger partial charge < -0.3 is 5.32 Å². The molecular weight excluding hydrogens is 210 g/mol. The molecule has 0 saturated carbocycles. The quantitative estimate of drug-likeness (QED) is 0.554. The van der Waals surface area contributed by atoms with Crippen LogP contribution in [-0.2, 0) is 19.4 Å². The van der Waals surface area contributed by atoms with Crippen molar-refractivity contribution in [2.24, 2.45) is 0 Å². The predicted octanol–water partition coefficient (Wildman–Crippen LogP) is 2.56. The minimum atomic E-state index is 0.959. The lowest BCUT2D eigenvalue weighted by molar-refractivity contribution is 0.622. The third kappa shape index (κ3) is 4.73. The van der Waals surface area contributed by atoms with E-state index in [0.29, 0.717) is 0 Å². The fraction of sp³-hybridized carbons (Fsp3) is 0.643. The zero-order valence-corrected chi connectivity index (χ0v) is 11.4. The zero-order valence-electron chi connectivity index (χ0n) is 11.4. The topological polar surface area (TPSA) is 29.9 Å². The SMILES string of the molecule is CCNCCC=CCc1cc(CC)nn1CC. The molecular formula is C14H25N3. The summed E-state index contributed by atoms with van der Waals surface area (Å²) in [5.74, 6) is 0. The van der Waals surface area contributed by atoms with Gasteiger partial charge in [-0.25, -0.2) is 0 Å². The summed E-state index contributed by atoms with van der Waals surface area (Å²) in [4.78, 5) is 0. The molecule has 1 aromatic heterocycles. The molecule has 17 heavy (non-hydrogen) atoms. The third-order valence-electron chi connectivity index (χ3n) is 2.81. The highest BCUT2D eigenvalue weighted by Gasteiger charge is 2.03. The maximum atomic E-state index is 4.55. The maximum Gasteiger partial charge on any atom is 0.0624 e. The number of hydrogen-bond donors (Lipinski definition) is 1. The standard InChI is InChI=1S/C14H25N3/c1-4-13-12-14(17(6-3)16-13)10-8-7-9-11-15-5-2/h7-8,12,15H,4-6,9-11H2,1-3H3. The second-order valence-electron chi connectivity index (χ2n) is 4.11. The summed E-state index contributed by atoms with van der Waals surface area (Å²) in [6.45, 7) is 9.51. The van der Waals surface area contributed by atoms with Crippen LogP contribution in [-0.4, -0.2) is 22.9 Å². The smallest absolute Gasteiger partial charge is 0.0624 e. The Morgan fingerprint density at radius 1 is 1.29 bits per heavy atom. The van der Waals surface area contributed by atoms with E-state index in [0.717, 1.165) is 38.9 Å². The number of aryl methyl sites for hydroxylation is 2. The van der Waals surface area contributed by atoms with Crippen molar-refractivity contribution in [1.29, 1.82) is 0 Å². The summed E-state index contributed by atoms with van der Waals surface area (Å²) in [5.41, 5.74) is 2.52. The van der Waals surface area contributed by atoms with Gasteiger partial charge in [0.15, 0.2) is 0 Å². The Balaban J connectivity index is 2.42. The number of nitrogens with zero attached hydrogens (tertiary/aromatic N) is 2. The second-order valence-corrected chi connectivity index (χ2v) is 4.11. The van der Waals surface area contributed by atoms with E-state index in [1.807, 2.05) is 0 Å². The van der Waals surface area contributed by atoms with Crippen LogP contribution >= 0.6 is 0 Å². The Bertz CT molecular complexity index is 339. The Hall–Kier alpha value is -1.09. The first-order valence-corrected chi connectivity index (χ1v) is 6.73. The van der Waals surface area contributed by atoms with Gasteiger partial charge in [0.25, 0.3) is 0 Å². The van der Waals surface area contributed by atoms with Crippen LogP contribution in [0, 0.1) is 0 Å². The van der Waals surface area contributed by atoms with Gasteiger partial charge in [0.05, 0.1) is 5.69 Å². The number of hydrogen-bond acceptors (Lipinski definition) is 2. The molecule has 0 saturated heterocycles. The molecule has 0 fully saturated rings. The molecule has 3 heteroatoms. The minimum absolute atomic E-state index is 0.959. The molecule has 3 nitrogen and oxygen atoms in total. The molecule has 0 bridgehead atoms. The summed E-state index contributed by atoms with van der Waals surface area (Å²) in [7, 11) is 0. The highest BCUT2D eigenvalue weighted by atomic mass is 15.3. The van der Waals surface area contributed by atoms with Crippen LogP contribution in [0.2, 0.25) is 0 Å². The first-order chi connectivity index (χ1) is 8.31. The van der Waals surface area contributed by atoms with Crippen molar-refractivity contribution in [3.8, 4) is 0 Å². The summed E-state index contributed by atoms with van der Waals surface area (Å²) >= 11 is 0. The van der Waals surface area contributed by atoms with Gasteiger partial charge in [0, 0.05) is 18.7 Å². The van der Waals surface area contributed by atoms with Crippen LogP contribution in [0.3, 0.4) is 0 Å². The molecule has 1 heterocycles. The number of aromatic nitrogens is 2. The fourth-order valence-corrected chi connectivity index (χ4v) is 1.81. The normalized spacial score (nSPS) is 11.5. The molecule has 0 aromatic carbocycles. The van der Waals surface area contributed by atoms with Crippen molar-refractivity contribution < 1.29 is 0 Å². The van der Waals surface area contributed by atoms with Gasteiger partial charge in [0.1, 0.15) is 0 Å². The van der Waals surface area contributed by atoms with E-state index in [9.17, 15) is 0 Å². The van der Waals surface area contributed by atoms with Gasteiger partial charge in [-0.2, -0.15) is 5.10 Å². The number of nitrogens with one attached hydrogen (secondary N) is 1. The Kier molecular flexibility index (Phi) is 6.63. The van der Waals surface area contributed by atoms with Gasteiger partial charge in [-0.15, -0.1) is 0 Å². The van der Waals surface area contributed by atoms with E-state index in [2.05, 4.69) is 54.1 Å². The first-order valence-electron chi connectivity index (χ1n) is 6.73. The molecule has 0 unspecified atom stereocenters. The van der Waals surface area contributed by atoms with Crippen LogP contribution < -0.4 is 5.32 Å². The second kappa shape index (κ2) is 8.07. The van der Waals surface area contributed by atoms with E-state index >= 15 is 0 Å². The van der Waals surface area contributed by atoms with Crippen molar-refractivity contribution in [3.05, 3.63) is 29.6 Å². The van der Waals surface area contributed by atoms with Gasteiger partial charge >= 0.3 is 0 Å². The summed E-state index contributed by atoms with van der Waals surface area (Å²) < 4.78 is 2.10. The third-order valence-corrected chi connectivity index (χ3v) is 2.81. The summed E-state index contributed by atoms with van der Waals surface area (Å²) in [6, 6.07) is 2.22. The van der Waals surface area contributed by atoms with E-state index in [1.165, 1.54) is 11.4 Å². The van der Waals surface area contributed by atoms with Crippen molar-refractivity contribution >= 4 is 0 Å². The number of allylic oxidation sites excluding steroid dienone is 1. The lowest BCUT2D eigenvalue weighted by Gasteiger charge is -2.00. The first kappa shape index (κ1) is 14.0. The molecule has 0 atom stereocenters. The fourth-order valence-electron chi connectivity index (χ4n) is 1.81. The Labute approximate surface area is 105 Å². The van der Waals surface area contributed by atoms with E-state index in [-0.39, 0.29) is 0 Å². The highest BCUT2D eigenvalue weighted by molar-refractivity contribution is 5.13. The molecule has 1 rings (SSSR count). The predicted molar refractivity (Wildman–Crippen MR) is 73.3 cm³/mol. The highest BCUT2D eigenvalue weighted by Crippen LogP contribution is 2.07. The van der Waals surface area contributed by atoms with E-state index < -0.39 is 0 Å². The van der Waals surface area contributed by atoms with Crippen molar-refractivity contribution in [3.63, 3.8) is 0 Å². The lowest BCUT2D eigenvalue weighted by atomic mass is 10.2. The van der Waals surface area contributed by atoms with Crippen molar-refractivity contribution in [2.45, 2.75) is 46.6 Å². The van der Waals surface area contributed by atoms with Crippen LogP contribution in [0.25, 0.3) is 0 Å². The Morgan fingerprint density at radius 2 is 2.12 bits per heavy atom. The minimum Gasteiger partial charge on any atom is -0.317 e. The molecule has 1 N–H and O–H groups in total. The largest absolute Gasteiger partial charge is 0.317 e. The molecule has 0 amide bonds. The van der Waals surface area contributed by atoms with Crippen LogP contribution in [0.1, 0.15) is 38.6 Å². The molecule has 96 valence electrons. The molecule has 0 aliphatic rings. The maximum absolute atomic E-state index is 4.55. The molecule has 0 aliphatic heterocycles. The lowest BCUT2D eigenvalue weighted by Crippen LogP contribution is -2.12. The molecule has 1 aromatic rings.